The van der Waals surface area contributed by atoms with Crippen LogP contribution in [0.15, 0.2) is 51.1 Å². The van der Waals surface area contributed by atoms with E-state index in [2.05, 4.69) is 19.8 Å². The summed E-state index contributed by atoms with van der Waals surface area (Å²) in [5, 5.41) is 1.88. The van der Waals surface area contributed by atoms with Gasteiger partial charge in [-0.1, -0.05) is 12.1 Å². The van der Waals surface area contributed by atoms with E-state index >= 15 is 0 Å². The van der Waals surface area contributed by atoms with E-state index in [1.54, 1.807) is 16.7 Å². The fraction of sp³-hybridized carbons (Fsp3) is 0.278. The first-order chi connectivity index (χ1) is 12.8. The summed E-state index contributed by atoms with van der Waals surface area (Å²) >= 11 is 1.48. The number of thiazole rings is 1. The molecule has 1 aromatic carbocycles. The number of nitrogens with zero attached hydrogens (tertiary/aromatic N) is 5. The number of hydrogen-bond acceptors (Lipinski definition) is 7. The van der Waals surface area contributed by atoms with Crippen LogP contribution in [0.4, 0.5) is 6.01 Å². The standard InChI is InChI=1S/C18H17N5O2S/c24-16-11-13(19-18-23(16)9-10-26-18)12-21-5-7-22(8-6-21)17-20-14-3-1-2-4-15(14)25-17/h1-4,9-11H,5-8,12H2. The lowest BCUT2D eigenvalue weighted by Crippen LogP contribution is -2.46. The van der Waals surface area contributed by atoms with Crippen molar-refractivity contribution in [2.24, 2.45) is 0 Å². The summed E-state index contributed by atoms with van der Waals surface area (Å²) in [5.41, 5.74) is 2.52. The Hall–Kier alpha value is -2.71. The normalized spacial score (nSPS) is 15.9. The van der Waals surface area contributed by atoms with Gasteiger partial charge in [0.25, 0.3) is 11.6 Å². The zero-order chi connectivity index (χ0) is 17.5. The van der Waals surface area contributed by atoms with Crippen LogP contribution in [0.3, 0.4) is 0 Å². The van der Waals surface area contributed by atoms with Gasteiger partial charge in [-0.2, -0.15) is 4.98 Å². The van der Waals surface area contributed by atoms with Crippen LogP contribution in [0.25, 0.3) is 16.1 Å². The summed E-state index contributed by atoms with van der Waals surface area (Å²) in [7, 11) is 0. The number of aromatic nitrogens is 3. The van der Waals surface area contributed by atoms with Crippen molar-refractivity contribution in [3.8, 4) is 0 Å². The van der Waals surface area contributed by atoms with Crippen LogP contribution >= 0.6 is 11.3 Å². The molecule has 132 valence electrons. The first kappa shape index (κ1) is 15.5. The molecule has 26 heavy (non-hydrogen) atoms. The fourth-order valence-electron chi connectivity index (χ4n) is 3.29. The smallest absolute Gasteiger partial charge is 0.298 e. The molecule has 5 rings (SSSR count). The summed E-state index contributed by atoms with van der Waals surface area (Å²) in [5.74, 6) is 0. The molecule has 0 radical (unpaired) electrons. The molecule has 4 aromatic rings. The highest BCUT2D eigenvalue weighted by Gasteiger charge is 2.21. The van der Waals surface area contributed by atoms with Gasteiger partial charge in [0.05, 0.1) is 5.69 Å². The van der Waals surface area contributed by atoms with Gasteiger partial charge in [-0.3, -0.25) is 14.1 Å². The van der Waals surface area contributed by atoms with Crippen LogP contribution in [0, 0.1) is 0 Å². The highest BCUT2D eigenvalue weighted by atomic mass is 32.1. The van der Waals surface area contributed by atoms with Gasteiger partial charge in [-0.05, 0) is 12.1 Å². The summed E-state index contributed by atoms with van der Waals surface area (Å²) in [4.78, 5) is 26.5. The average molecular weight is 367 g/mol. The van der Waals surface area contributed by atoms with Crippen LogP contribution in [0.5, 0.6) is 0 Å². The monoisotopic (exact) mass is 367 g/mol. The number of anilines is 1. The number of hydrogen-bond donors (Lipinski definition) is 0. The van der Waals surface area contributed by atoms with Gasteiger partial charge < -0.3 is 9.32 Å². The molecule has 0 bridgehead atoms. The Labute approximate surface area is 153 Å². The van der Waals surface area contributed by atoms with Crippen molar-refractivity contribution in [2.75, 3.05) is 31.1 Å². The first-order valence-electron chi connectivity index (χ1n) is 8.55. The first-order valence-corrected chi connectivity index (χ1v) is 9.43. The predicted octanol–water partition coefficient (Wildman–Crippen LogP) is 2.22. The Bertz CT molecular complexity index is 1090. The van der Waals surface area contributed by atoms with E-state index in [9.17, 15) is 4.79 Å². The van der Waals surface area contributed by atoms with Crippen molar-refractivity contribution in [1.29, 1.82) is 0 Å². The van der Waals surface area contributed by atoms with Gasteiger partial charge in [-0.15, -0.1) is 11.3 Å². The largest absolute Gasteiger partial charge is 0.423 e. The third-order valence-electron chi connectivity index (χ3n) is 4.67. The third-order valence-corrected chi connectivity index (χ3v) is 5.42. The van der Waals surface area contributed by atoms with E-state index < -0.39 is 0 Å². The van der Waals surface area contributed by atoms with Crippen molar-refractivity contribution in [3.05, 3.63) is 58.0 Å². The van der Waals surface area contributed by atoms with E-state index in [0.717, 1.165) is 47.9 Å². The molecule has 1 fully saturated rings. The number of oxazole rings is 1. The number of para-hydroxylation sites is 2. The number of rotatable bonds is 3. The molecule has 1 aliphatic rings. The Kier molecular flexibility index (Phi) is 3.72. The lowest BCUT2D eigenvalue weighted by Gasteiger charge is -2.33. The SMILES string of the molecule is O=c1cc(CN2CCN(c3nc4ccccc4o3)CC2)nc2sccn12. The number of fused-ring (bicyclic) bond motifs is 2. The van der Waals surface area contributed by atoms with Crippen molar-refractivity contribution < 1.29 is 4.42 Å². The van der Waals surface area contributed by atoms with Crippen LogP contribution in [-0.2, 0) is 6.54 Å². The maximum absolute atomic E-state index is 12.1. The van der Waals surface area contributed by atoms with Crippen molar-refractivity contribution in [2.45, 2.75) is 6.54 Å². The molecule has 1 saturated heterocycles. The zero-order valence-corrected chi connectivity index (χ0v) is 14.9. The Morgan fingerprint density at radius 1 is 1.12 bits per heavy atom. The van der Waals surface area contributed by atoms with E-state index in [4.69, 9.17) is 4.42 Å². The van der Waals surface area contributed by atoms with Crippen molar-refractivity contribution in [3.63, 3.8) is 0 Å². The molecule has 3 aromatic heterocycles. The van der Waals surface area contributed by atoms with E-state index in [1.807, 2.05) is 29.6 Å². The lowest BCUT2D eigenvalue weighted by atomic mass is 10.3. The highest BCUT2D eigenvalue weighted by Crippen LogP contribution is 2.22. The molecule has 0 amide bonds. The Morgan fingerprint density at radius 2 is 1.96 bits per heavy atom. The second-order valence-corrected chi connectivity index (χ2v) is 7.24. The van der Waals surface area contributed by atoms with E-state index in [0.29, 0.717) is 12.6 Å². The van der Waals surface area contributed by atoms with Crippen LogP contribution in [0.1, 0.15) is 5.69 Å². The Balaban J connectivity index is 1.28. The molecular formula is C18H17N5O2S. The molecule has 1 aliphatic heterocycles. The molecule has 0 N–H and O–H groups in total. The fourth-order valence-corrected chi connectivity index (χ4v) is 4.03. The van der Waals surface area contributed by atoms with Crippen LogP contribution in [-0.4, -0.2) is 45.4 Å². The maximum Gasteiger partial charge on any atom is 0.298 e. The highest BCUT2D eigenvalue weighted by molar-refractivity contribution is 7.15. The molecule has 0 aliphatic carbocycles. The van der Waals surface area contributed by atoms with Gasteiger partial charge in [0.1, 0.15) is 5.52 Å². The van der Waals surface area contributed by atoms with Crippen LogP contribution in [0.2, 0.25) is 0 Å². The van der Waals surface area contributed by atoms with Gasteiger partial charge in [-0.25, -0.2) is 4.98 Å². The van der Waals surface area contributed by atoms with Gasteiger partial charge in [0, 0.05) is 50.4 Å². The summed E-state index contributed by atoms with van der Waals surface area (Å²) in [6.45, 7) is 4.12. The quantitative estimate of drug-likeness (QED) is 0.553. The minimum atomic E-state index is -0.0173. The van der Waals surface area contributed by atoms with E-state index in [1.165, 1.54) is 11.3 Å². The lowest BCUT2D eigenvalue weighted by molar-refractivity contribution is 0.243. The zero-order valence-electron chi connectivity index (χ0n) is 14.0. The van der Waals surface area contributed by atoms with Crippen molar-refractivity contribution in [1.82, 2.24) is 19.3 Å². The minimum absolute atomic E-state index is 0.0173. The summed E-state index contributed by atoms with van der Waals surface area (Å²) < 4.78 is 7.44. The molecule has 7 nitrogen and oxygen atoms in total. The molecule has 4 heterocycles. The number of piperazine rings is 1. The van der Waals surface area contributed by atoms with Crippen molar-refractivity contribution >= 4 is 33.4 Å². The second-order valence-electron chi connectivity index (χ2n) is 6.37. The summed E-state index contributed by atoms with van der Waals surface area (Å²) in [6, 6.07) is 10.1. The van der Waals surface area contributed by atoms with Crippen LogP contribution < -0.4 is 10.5 Å². The number of benzene rings is 1. The maximum atomic E-state index is 12.1. The third kappa shape index (κ3) is 2.77. The van der Waals surface area contributed by atoms with Gasteiger partial charge in [0.2, 0.25) is 0 Å². The average Bonchev–Trinajstić information content (AvgIpc) is 3.29. The molecule has 0 saturated carbocycles. The topological polar surface area (TPSA) is 66.9 Å². The minimum Gasteiger partial charge on any atom is -0.423 e. The molecule has 0 spiro atoms. The predicted molar refractivity (Wildman–Crippen MR) is 101 cm³/mol. The molecule has 0 atom stereocenters. The van der Waals surface area contributed by atoms with Gasteiger partial charge >= 0.3 is 0 Å². The molecule has 8 heteroatoms. The van der Waals surface area contributed by atoms with E-state index in [-0.39, 0.29) is 5.56 Å². The molecule has 0 unspecified atom stereocenters. The van der Waals surface area contributed by atoms with Gasteiger partial charge in [0.15, 0.2) is 10.5 Å². The molecular weight excluding hydrogens is 350 g/mol. The second kappa shape index (κ2) is 6.22. The Morgan fingerprint density at radius 3 is 2.81 bits per heavy atom. The summed E-state index contributed by atoms with van der Waals surface area (Å²) in [6.07, 6.45) is 1.76.